The van der Waals surface area contributed by atoms with Gasteiger partial charge >= 0.3 is 5.97 Å². The van der Waals surface area contributed by atoms with Crippen molar-refractivity contribution < 1.29 is 14.7 Å². The molecule has 1 amide bonds. The fraction of sp³-hybridized carbons (Fsp3) is 0.333. The summed E-state index contributed by atoms with van der Waals surface area (Å²) in [6.45, 7) is 1.72. The second-order valence-corrected chi connectivity index (χ2v) is 4.51. The van der Waals surface area contributed by atoms with Crippen molar-refractivity contribution in [2.75, 3.05) is 6.26 Å². The largest absolute Gasteiger partial charge is 0.481 e. The molecular formula is C12H15NO3S. The summed E-state index contributed by atoms with van der Waals surface area (Å²) in [5, 5.41) is 11.2. The quantitative estimate of drug-likeness (QED) is 0.619. The summed E-state index contributed by atoms with van der Waals surface area (Å²) in [5.74, 6) is -2.59. The Balaban J connectivity index is 2.50. The van der Waals surface area contributed by atoms with Gasteiger partial charge in [-0.15, -0.1) is 11.8 Å². The van der Waals surface area contributed by atoms with Gasteiger partial charge in [-0.1, -0.05) is 12.1 Å². The molecule has 0 aliphatic carbocycles. The topological polar surface area (TPSA) is 66.4 Å². The first kappa shape index (κ1) is 13.6. The van der Waals surface area contributed by atoms with E-state index in [9.17, 15) is 9.59 Å². The first-order chi connectivity index (χ1) is 8.04. The van der Waals surface area contributed by atoms with E-state index in [0.29, 0.717) is 6.54 Å². The van der Waals surface area contributed by atoms with E-state index in [0.717, 1.165) is 10.5 Å². The van der Waals surface area contributed by atoms with Crippen LogP contribution in [0.3, 0.4) is 0 Å². The fourth-order valence-electron chi connectivity index (χ4n) is 1.20. The highest BCUT2D eigenvalue weighted by molar-refractivity contribution is 7.98. The number of thioether (sulfide) groups is 1. The summed E-state index contributed by atoms with van der Waals surface area (Å²) in [5.41, 5.74) is 0.953. The molecule has 0 radical (unpaired) electrons. The third-order valence-corrected chi connectivity index (χ3v) is 3.13. The van der Waals surface area contributed by atoms with Gasteiger partial charge in [-0.05, 0) is 30.9 Å². The van der Waals surface area contributed by atoms with E-state index >= 15 is 0 Å². The molecule has 0 aliphatic rings. The molecular weight excluding hydrogens is 238 g/mol. The number of carboxylic acids is 1. The SMILES string of the molecule is CSc1ccc(CNC(=O)C(C)C(=O)O)cc1. The Labute approximate surface area is 104 Å². The Morgan fingerprint density at radius 2 is 1.94 bits per heavy atom. The first-order valence-corrected chi connectivity index (χ1v) is 6.40. The predicted molar refractivity (Wildman–Crippen MR) is 66.9 cm³/mol. The number of hydrogen-bond donors (Lipinski definition) is 2. The number of carboxylic acid groups (broad SMARTS) is 1. The van der Waals surface area contributed by atoms with Crippen LogP contribution in [0.1, 0.15) is 12.5 Å². The lowest BCUT2D eigenvalue weighted by atomic mass is 10.1. The standard InChI is InChI=1S/C12H15NO3S/c1-8(12(15)16)11(14)13-7-9-3-5-10(17-2)6-4-9/h3-6,8H,7H2,1-2H3,(H,13,14)(H,15,16). The average Bonchev–Trinajstić information content (AvgIpc) is 2.35. The highest BCUT2D eigenvalue weighted by atomic mass is 32.2. The van der Waals surface area contributed by atoms with Crippen LogP contribution < -0.4 is 5.32 Å². The number of carbonyl (C=O) groups excluding carboxylic acids is 1. The fourth-order valence-corrected chi connectivity index (χ4v) is 1.61. The number of benzene rings is 1. The highest BCUT2D eigenvalue weighted by Crippen LogP contribution is 2.14. The molecule has 0 aromatic heterocycles. The maximum atomic E-state index is 11.4. The predicted octanol–water partition coefficient (Wildman–Crippen LogP) is 1.75. The van der Waals surface area contributed by atoms with E-state index < -0.39 is 17.8 Å². The van der Waals surface area contributed by atoms with Gasteiger partial charge in [0.2, 0.25) is 5.91 Å². The van der Waals surface area contributed by atoms with Crippen LogP contribution in [-0.2, 0) is 16.1 Å². The Morgan fingerprint density at radius 3 is 2.41 bits per heavy atom. The van der Waals surface area contributed by atoms with Crippen LogP contribution in [0.15, 0.2) is 29.2 Å². The van der Waals surface area contributed by atoms with Crippen molar-refractivity contribution in [3.05, 3.63) is 29.8 Å². The van der Waals surface area contributed by atoms with Gasteiger partial charge in [0.1, 0.15) is 5.92 Å². The van der Waals surface area contributed by atoms with Crippen molar-refractivity contribution in [2.24, 2.45) is 5.92 Å². The molecule has 4 nitrogen and oxygen atoms in total. The lowest BCUT2D eigenvalue weighted by Crippen LogP contribution is -2.33. The Morgan fingerprint density at radius 1 is 1.35 bits per heavy atom. The summed E-state index contributed by atoms with van der Waals surface area (Å²) in [7, 11) is 0. The van der Waals surface area contributed by atoms with Gasteiger partial charge < -0.3 is 10.4 Å². The zero-order valence-corrected chi connectivity index (χ0v) is 10.6. The van der Waals surface area contributed by atoms with Crippen LogP contribution in [0.25, 0.3) is 0 Å². The Kier molecular flexibility index (Phi) is 5.03. The molecule has 92 valence electrons. The molecule has 0 spiro atoms. The molecule has 1 rings (SSSR count). The third kappa shape index (κ3) is 4.11. The zero-order valence-electron chi connectivity index (χ0n) is 9.77. The molecule has 0 saturated carbocycles. The summed E-state index contributed by atoms with van der Waals surface area (Å²) >= 11 is 1.65. The number of nitrogens with one attached hydrogen (secondary N) is 1. The molecule has 2 N–H and O–H groups in total. The molecule has 1 atom stereocenters. The lowest BCUT2D eigenvalue weighted by Gasteiger charge is -2.08. The maximum absolute atomic E-state index is 11.4. The average molecular weight is 253 g/mol. The lowest BCUT2D eigenvalue weighted by molar-refractivity contribution is -0.146. The van der Waals surface area contributed by atoms with E-state index in [1.807, 2.05) is 30.5 Å². The molecule has 5 heteroatoms. The van der Waals surface area contributed by atoms with Gasteiger partial charge in [0.05, 0.1) is 0 Å². The second kappa shape index (κ2) is 6.30. The maximum Gasteiger partial charge on any atom is 0.315 e. The van der Waals surface area contributed by atoms with Gasteiger partial charge in [0, 0.05) is 11.4 Å². The zero-order chi connectivity index (χ0) is 12.8. The Hall–Kier alpha value is -1.49. The molecule has 17 heavy (non-hydrogen) atoms. The van der Waals surface area contributed by atoms with Crippen molar-refractivity contribution in [2.45, 2.75) is 18.4 Å². The van der Waals surface area contributed by atoms with E-state index in [2.05, 4.69) is 5.32 Å². The summed E-state index contributed by atoms with van der Waals surface area (Å²) in [4.78, 5) is 23.1. The van der Waals surface area contributed by atoms with Crippen molar-refractivity contribution >= 4 is 23.6 Å². The molecule has 1 unspecified atom stereocenters. The van der Waals surface area contributed by atoms with Crippen LogP contribution in [0.2, 0.25) is 0 Å². The number of rotatable bonds is 5. The van der Waals surface area contributed by atoms with Crippen LogP contribution >= 0.6 is 11.8 Å². The van der Waals surface area contributed by atoms with Gasteiger partial charge in [0.15, 0.2) is 0 Å². The van der Waals surface area contributed by atoms with Crippen LogP contribution in [0, 0.1) is 5.92 Å². The Bertz CT molecular complexity index is 403. The minimum absolute atomic E-state index is 0.352. The molecule has 0 fully saturated rings. The van der Waals surface area contributed by atoms with E-state index in [1.54, 1.807) is 11.8 Å². The van der Waals surface area contributed by atoms with E-state index in [1.165, 1.54) is 6.92 Å². The minimum Gasteiger partial charge on any atom is -0.481 e. The molecule has 0 saturated heterocycles. The molecule has 1 aromatic carbocycles. The van der Waals surface area contributed by atoms with Crippen molar-refractivity contribution in [1.29, 1.82) is 0 Å². The van der Waals surface area contributed by atoms with Crippen molar-refractivity contribution in [1.82, 2.24) is 5.32 Å². The van der Waals surface area contributed by atoms with Crippen LogP contribution in [0.5, 0.6) is 0 Å². The summed E-state index contributed by atoms with van der Waals surface area (Å²) in [6, 6.07) is 7.76. The molecule has 1 aromatic rings. The van der Waals surface area contributed by atoms with Crippen molar-refractivity contribution in [3.8, 4) is 0 Å². The number of aliphatic carboxylic acids is 1. The molecule has 0 aliphatic heterocycles. The number of amides is 1. The normalized spacial score (nSPS) is 11.9. The minimum atomic E-state index is -1.11. The first-order valence-electron chi connectivity index (χ1n) is 5.18. The van der Waals surface area contributed by atoms with E-state index in [4.69, 9.17) is 5.11 Å². The monoisotopic (exact) mass is 253 g/mol. The van der Waals surface area contributed by atoms with Gasteiger partial charge in [-0.2, -0.15) is 0 Å². The smallest absolute Gasteiger partial charge is 0.315 e. The van der Waals surface area contributed by atoms with Gasteiger partial charge in [-0.25, -0.2) is 0 Å². The molecule has 0 bridgehead atoms. The second-order valence-electron chi connectivity index (χ2n) is 3.63. The van der Waals surface area contributed by atoms with Crippen LogP contribution in [-0.4, -0.2) is 23.2 Å². The number of hydrogen-bond acceptors (Lipinski definition) is 3. The summed E-state index contributed by atoms with van der Waals surface area (Å²) < 4.78 is 0. The van der Waals surface area contributed by atoms with E-state index in [-0.39, 0.29) is 0 Å². The third-order valence-electron chi connectivity index (χ3n) is 2.39. The summed E-state index contributed by atoms with van der Waals surface area (Å²) in [6.07, 6.45) is 1.99. The molecule has 0 heterocycles. The van der Waals surface area contributed by atoms with Gasteiger partial charge in [0.25, 0.3) is 0 Å². The van der Waals surface area contributed by atoms with Crippen LogP contribution in [0.4, 0.5) is 0 Å². The van der Waals surface area contributed by atoms with Crippen molar-refractivity contribution in [3.63, 3.8) is 0 Å². The van der Waals surface area contributed by atoms with Gasteiger partial charge in [-0.3, -0.25) is 9.59 Å². The number of carbonyl (C=O) groups is 2. The highest BCUT2D eigenvalue weighted by Gasteiger charge is 2.19.